The summed E-state index contributed by atoms with van der Waals surface area (Å²) in [5, 5.41) is 3.45. The van der Waals surface area contributed by atoms with E-state index in [4.69, 9.17) is 4.42 Å². The molecule has 2 aliphatic rings. The normalized spacial score (nSPS) is 24.5. The van der Waals surface area contributed by atoms with Crippen LogP contribution in [-0.2, 0) is 0 Å². The molecule has 2 heterocycles. The Hall–Kier alpha value is -0.320. The Kier molecular flexibility index (Phi) is 4.61. The molecule has 4 heteroatoms. The van der Waals surface area contributed by atoms with Crippen LogP contribution in [0.1, 0.15) is 43.9 Å². The summed E-state index contributed by atoms with van der Waals surface area (Å²) in [5.74, 6) is 1.92. The van der Waals surface area contributed by atoms with Gasteiger partial charge >= 0.3 is 0 Å². The number of piperazine rings is 1. The van der Waals surface area contributed by atoms with E-state index in [2.05, 4.69) is 32.2 Å². The molecule has 1 aliphatic carbocycles. The largest absolute Gasteiger partial charge is 0.453 e. The SMILES string of the molecule is Brc1ccc([C@@H](C2CCCCC2)N2CCNCC2)o1. The van der Waals surface area contributed by atoms with Gasteiger partial charge in [-0.25, -0.2) is 0 Å². The molecule has 1 aromatic heterocycles. The van der Waals surface area contributed by atoms with Gasteiger partial charge in [-0.2, -0.15) is 0 Å². The van der Waals surface area contributed by atoms with Crippen molar-refractivity contribution in [3.05, 3.63) is 22.6 Å². The van der Waals surface area contributed by atoms with E-state index in [1.165, 1.54) is 32.1 Å². The molecule has 0 bridgehead atoms. The maximum atomic E-state index is 5.91. The molecule has 1 aliphatic heterocycles. The minimum absolute atomic E-state index is 0.480. The van der Waals surface area contributed by atoms with Crippen LogP contribution in [0, 0.1) is 5.92 Å². The first-order chi connectivity index (χ1) is 9.34. The molecule has 2 fully saturated rings. The van der Waals surface area contributed by atoms with E-state index < -0.39 is 0 Å². The molecule has 0 radical (unpaired) electrons. The van der Waals surface area contributed by atoms with Crippen molar-refractivity contribution in [2.45, 2.75) is 38.1 Å². The summed E-state index contributed by atoms with van der Waals surface area (Å²) in [5.41, 5.74) is 0. The third-order valence-corrected chi connectivity index (χ3v) is 4.95. The van der Waals surface area contributed by atoms with Crippen LogP contribution in [0.15, 0.2) is 21.2 Å². The Balaban J connectivity index is 1.81. The minimum Gasteiger partial charge on any atom is -0.453 e. The van der Waals surface area contributed by atoms with Crippen molar-refractivity contribution in [2.75, 3.05) is 26.2 Å². The zero-order valence-corrected chi connectivity index (χ0v) is 13.0. The summed E-state index contributed by atoms with van der Waals surface area (Å²) >= 11 is 3.45. The lowest BCUT2D eigenvalue weighted by atomic mass is 9.82. The Morgan fingerprint density at radius 1 is 1.16 bits per heavy atom. The third-order valence-electron chi connectivity index (χ3n) is 4.53. The van der Waals surface area contributed by atoms with Crippen molar-refractivity contribution in [3.8, 4) is 0 Å². The maximum absolute atomic E-state index is 5.91. The third kappa shape index (κ3) is 3.23. The average molecular weight is 327 g/mol. The van der Waals surface area contributed by atoms with Crippen LogP contribution < -0.4 is 5.32 Å². The van der Waals surface area contributed by atoms with Gasteiger partial charge in [0.05, 0.1) is 6.04 Å². The van der Waals surface area contributed by atoms with Crippen molar-refractivity contribution in [2.24, 2.45) is 5.92 Å². The van der Waals surface area contributed by atoms with Crippen LogP contribution >= 0.6 is 15.9 Å². The molecule has 3 rings (SSSR count). The van der Waals surface area contributed by atoms with E-state index in [9.17, 15) is 0 Å². The van der Waals surface area contributed by atoms with Gasteiger partial charge in [0.2, 0.25) is 0 Å². The lowest BCUT2D eigenvalue weighted by molar-refractivity contribution is 0.0863. The first-order valence-corrected chi connectivity index (χ1v) is 8.34. The number of rotatable bonds is 3. The lowest BCUT2D eigenvalue weighted by Gasteiger charge is -2.39. The molecule has 0 amide bonds. The van der Waals surface area contributed by atoms with E-state index in [1.54, 1.807) is 0 Å². The molecule has 0 aromatic carbocycles. The number of hydrogen-bond acceptors (Lipinski definition) is 3. The van der Waals surface area contributed by atoms with E-state index in [0.717, 1.165) is 42.5 Å². The van der Waals surface area contributed by atoms with E-state index >= 15 is 0 Å². The zero-order chi connectivity index (χ0) is 13.1. The summed E-state index contributed by atoms with van der Waals surface area (Å²) < 4.78 is 6.77. The first-order valence-electron chi connectivity index (χ1n) is 7.54. The van der Waals surface area contributed by atoms with Crippen molar-refractivity contribution in [1.29, 1.82) is 0 Å². The van der Waals surface area contributed by atoms with Crippen LogP contribution in [-0.4, -0.2) is 31.1 Å². The van der Waals surface area contributed by atoms with Gasteiger partial charge in [-0.15, -0.1) is 0 Å². The van der Waals surface area contributed by atoms with Crippen molar-refractivity contribution < 1.29 is 4.42 Å². The highest BCUT2D eigenvalue weighted by atomic mass is 79.9. The maximum Gasteiger partial charge on any atom is 0.169 e. The Morgan fingerprint density at radius 3 is 2.53 bits per heavy atom. The van der Waals surface area contributed by atoms with Gasteiger partial charge in [0, 0.05) is 26.2 Å². The molecular formula is C15H23BrN2O. The number of furan rings is 1. The quantitative estimate of drug-likeness (QED) is 0.920. The van der Waals surface area contributed by atoms with Gasteiger partial charge in [-0.3, -0.25) is 4.90 Å². The summed E-state index contributed by atoms with van der Waals surface area (Å²) in [4.78, 5) is 2.62. The molecule has 106 valence electrons. The lowest BCUT2D eigenvalue weighted by Crippen LogP contribution is -2.47. The molecule has 1 atom stereocenters. The van der Waals surface area contributed by atoms with E-state index in [0.29, 0.717) is 6.04 Å². The highest BCUT2D eigenvalue weighted by molar-refractivity contribution is 9.10. The van der Waals surface area contributed by atoms with Crippen molar-refractivity contribution >= 4 is 15.9 Å². The predicted octanol–water partition coefficient (Wildman–Crippen LogP) is 3.57. The summed E-state index contributed by atoms with van der Waals surface area (Å²) in [6.07, 6.45) is 6.89. The van der Waals surface area contributed by atoms with Gasteiger partial charge in [0.1, 0.15) is 5.76 Å². The number of hydrogen-bond donors (Lipinski definition) is 1. The standard InChI is InChI=1S/C15H23BrN2O/c16-14-7-6-13(19-14)15(12-4-2-1-3-5-12)18-10-8-17-9-11-18/h6-7,12,15,17H,1-5,8-11H2/t15-/m1/s1. The van der Waals surface area contributed by atoms with E-state index in [1.807, 2.05) is 6.07 Å². The Bertz CT molecular complexity index is 377. The number of nitrogens with zero attached hydrogens (tertiary/aromatic N) is 1. The Morgan fingerprint density at radius 2 is 1.89 bits per heavy atom. The highest BCUT2D eigenvalue weighted by Crippen LogP contribution is 2.39. The van der Waals surface area contributed by atoms with Gasteiger partial charge in [-0.1, -0.05) is 19.3 Å². The molecule has 1 saturated heterocycles. The fourth-order valence-corrected chi connectivity index (χ4v) is 3.93. The predicted molar refractivity (Wildman–Crippen MR) is 80.2 cm³/mol. The fourth-order valence-electron chi connectivity index (χ4n) is 3.61. The van der Waals surface area contributed by atoms with Crippen molar-refractivity contribution in [3.63, 3.8) is 0 Å². The van der Waals surface area contributed by atoms with Crippen LogP contribution in [0.3, 0.4) is 0 Å². The molecule has 1 aromatic rings. The second-order valence-electron chi connectivity index (χ2n) is 5.77. The zero-order valence-electron chi connectivity index (χ0n) is 11.4. The van der Waals surface area contributed by atoms with Crippen LogP contribution in [0.4, 0.5) is 0 Å². The second kappa shape index (κ2) is 6.42. The molecule has 19 heavy (non-hydrogen) atoms. The molecule has 3 nitrogen and oxygen atoms in total. The molecule has 0 spiro atoms. The highest BCUT2D eigenvalue weighted by Gasteiger charge is 2.32. The van der Waals surface area contributed by atoms with Gasteiger partial charge in [0.15, 0.2) is 4.67 Å². The van der Waals surface area contributed by atoms with Crippen LogP contribution in [0.5, 0.6) is 0 Å². The van der Waals surface area contributed by atoms with Gasteiger partial charge < -0.3 is 9.73 Å². The molecule has 1 saturated carbocycles. The minimum atomic E-state index is 0.480. The fraction of sp³-hybridized carbons (Fsp3) is 0.733. The molecular weight excluding hydrogens is 304 g/mol. The first kappa shape index (κ1) is 13.7. The van der Waals surface area contributed by atoms with Gasteiger partial charge in [-0.05, 0) is 46.8 Å². The average Bonchev–Trinajstić information content (AvgIpc) is 2.88. The second-order valence-corrected chi connectivity index (χ2v) is 6.55. The van der Waals surface area contributed by atoms with E-state index in [-0.39, 0.29) is 0 Å². The smallest absolute Gasteiger partial charge is 0.169 e. The monoisotopic (exact) mass is 326 g/mol. The topological polar surface area (TPSA) is 28.4 Å². The van der Waals surface area contributed by atoms with Gasteiger partial charge in [0.25, 0.3) is 0 Å². The Labute approximate surface area is 123 Å². The summed E-state index contributed by atoms with van der Waals surface area (Å²) in [7, 11) is 0. The van der Waals surface area contributed by atoms with Crippen LogP contribution in [0.25, 0.3) is 0 Å². The summed E-state index contributed by atoms with van der Waals surface area (Å²) in [6.45, 7) is 4.48. The summed E-state index contributed by atoms with van der Waals surface area (Å²) in [6, 6.07) is 4.67. The molecule has 0 unspecified atom stereocenters. The molecule has 1 N–H and O–H groups in total. The van der Waals surface area contributed by atoms with Crippen LogP contribution in [0.2, 0.25) is 0 Å². The number of halogens is 1. The number of nitrogens with one attached hydrogen (secondary N) is 1. The van der Waals surface area contributed by atoms with Crippen molar-refractivity contribution in [1.82, 2.24) is 10.2 Å².